The number of hydrogen-bond acceptors (Lipinski definition) is 3. The van der Waals surface area contributed by atoms with Crippen molar-refractivity contribution in [3.8, 4) is 0 Å². The molecule has 0 radical (unpaired) electrons. The fourth-order valence-electron chi connectivity index (χ4n) is 2.05. The maximum Gasteiger partial charge on any atom is 0.394 e. The minimum Gasteiger partial charge on any atom is -0.302 e. The van der Waals surface area contributed by atoms with E-state index in [1.807, 2.05) is 13.8 Å². The highest BCUT2D eigenvalue weighted by Crippen LogP contribution is 2.33. The summed E-state index contributed by atoms with van der Waals surface area (Å²) in [5.74, 6) is -1.30. The van der Waals surface area contributed by atoms with Crippen LogP contribution in [0.4, 0.5) is 13.2 Å². The van der Waals surface area contributed by atoms with Crippen molar-refractivity contribution in [2.45, 2.75) is 33.4 Å². The van der Waals surface area contributed by atoms with Gasteiger partial charge in [0.15, 0.2) is 5.78 Å². The van der Waals surface area contributed by atoms with Gasteiger partial charge in [0.05, 0.1) is 5.92 Å². The maximum absolute atomic E-state index is 12.3. The number of Topliss-reactive ketones (excluding diaryl/α,β-unsaturated/α-hetero) is 1. The number of carbonyl (C=O) groups is 1. The summed E-state index contributed by atoms with van der Waals surface area (Å²) < 4.78 is 36.9. The lowest BCUT2D eigenvalue weighted by Gasteiger charge is -2.40. The third-order valence-corrected chi connectivity index (χ3v) is 3.27. The number of halogens is 3. The fourth-order valence-corrected chi connectivity index (χ4v) is 2.05. The lowest BCUT2D eigenvalue weighted by Crippen LogP contribution is -2.53. The lowest BCUT2D eigenvalue weighted by molar-refractivity contribution is -0.208. The third kappa shape index (κ3) is 5.12. The average molecular weight is 302 g/mol. The Labute approximate surface area is 123 Å². The standard InChI is InChI=1S/C13H15F3N2O.C2H6/c1-9(19)12-4-2-3-11(17-12)5-6-18-7-10(8-18)13(14,15)16;1-2/h2-4,10H,5-8H2,1H3;1-2H3. The van der Waals surface area contributed by atoms with E-state index in [0.717, 1.165) is 5.69 Å². The molecule has 1 fully saturated rings. The van der Waals surface area contributed by atoms with Gasteiger partial charge in [-0.15, -0.1) is 0 Å². The Morgan fingerprint density at radius 1 is 1.33 bits per heavy atom. The van der Waals surface area contributed by atoms with Gasteiger partial charge in [0.2, 0.25) is 0 Å². The molecule has 1 aliphatic heterocycles. The first kappa shape index (κ1) is 17.6. The van der Waals surface area contributed by atoms with E-state index in [4.69, 9.17) is 0 Å². The molecule has 6 heteroatoms. The van der Waals surface area contributed by atoms with E-state index in [2.05, 4.69) is 4.98 Å². The number of pyridine rings is 1. The second-order valence-corrected chi connectivity index (χ2v) is 4.82. The summed E-state index contributed by atoms with van der Waals surface area (Å²) >= 11 is 0. The molecule has 1 aromatic rings. The summed E-state index contributed by atoms with van der Waals surface area (Å²) in [5, 5.41) is 0. The molecule has 21 heavy (non-hydrogen) atoms. The Morgan fingerprint density at radius 2 is 1.95 bits per heavy atom. The summed E-state index contributed by atoms with van der Waals surface area (Å²) in [6.45, 7) is 6.11. The van der Waals surface area contributed by atoms with Gasteiger partial charge >= 0.3 is 6.18 Å². The van der Waals surface area contributed by atoms with E-state index in [1.165, 1.54) is 6.92 Å². The molecule has 2 heterocycles. The zero-order valence-electron chi connectivity index (χ0n) is 12.6. The van der Waals surface area contributed by atoms with Crippen LogP contribution in [0.5, 0.6) is 0 Å². The Balaban J connectivity index is 0.00000106. The number of alkyl halides is 3. The van der Waals surface area contributed by atoms with Gasteiger partial charge in [-0.25, -0.2) is 4.98 Å². The largest absolute Gasteiger partial charge is 0.394 e. The molecule has 1 aliphatic rings. The zero-order valence-corrected chi connectivity index (χ0v) is 12.6. The van der Waals surface area contributed by atoms with Crippen LogP contribution >= 0.6 is 0 Å². The molecule has 0 N–H and O–H groups in total. The van der Waals surface area contributed by atoms with Crippen molar-refractivity contribution < 1.29 is 18.0 Å². The molecule has 0 amide bonds. The first-order valence-electron chi connectivity index (χ1n) is 7.12. The molecule has 0 aliphatic carbocycles. The van der Waals surface area contributed by atoms with Crippen molar-refractivity contribution in [3.05, 3.63) is 29.6 Å². The molecule has 1 saturated heterocycles. The molecule has 0 bridgehead atoms. The minimum atomic E-state index is -4.08. The lowest BCUT2D eigenvalue weighted by atomic mass is 9.99. The molecule has 0 saturated carbocycles. The van der Waals surface area contributed by atoms with Gasteiger partial charge in [-0.3, -0.25) is 4.79 Å². The van der Waals surface area contributed by atoms with Crippen LogP contribution in [0.15, 0.2) is 18.2 Å². The van der Waals surface area contributed by atoms with Gasteiger partial charge in [0.25, 0.3) is 0 Å². The summed E-state index contributed by atoms with van der Waals surface area (Å²) in [7, 11) is 0. The molecular formula is C15H21F3N2O. The van der Waals surface area contributed by atoms with Crippen LogP contribution < -0.4 is 0 Å². The van der Waals surface area contributed by atoms with E-state index < -0.39 is 12.1 Å². The first-order valence-corrected chi connectivity index (χ1v) is 7.12. The molecule has 0 aromatic carbocycles. The molecule has 0 atom stereocenters. The second-order valence-electron chi connectivity index (χ2n) is 4.82. The van der Waals surface area contributed by atoms with Crippen LogP contribution in [0.3, 0.4) is 0 Å². The van der Waals surface area contributed by atoms with Gasteiger partial charge in [-0.2, -0.15) is 13.2 Å². The average Bonchev–Trinajstić information content (AvgIpc) is 2.38. The SMILES string of the molecule is CC.CC(=O)c1cccc(CCN2CC(C(F)(F)F)C2)n1. The maximum atomic E-state index is 12.3. The number of hydrogen-bond donors (Lipinski definition) is 0. The van der Waals surface area contributed by atoms with Gasteiger partial charge in [-0.05, 0) is 12.1 Å². The van der Waals surface area contributed by atoms with Gasteiger partial charge < -0.3 is 4.90 Å². The van der Waals surface area contributed by atoms with Gasteiger partial charge in [0, 0.05) is 38.7 Å². The summed E-state index contributed by atoms with van der Waals surface area (Å²) in [5.41, 5.74) is 1.14. The van der Waals surface area contributed by atoms with Gasteiger partial charge in [-0.1, -0.05) is 19.9 Å². The predicted octanol–water partition coefficient (Wildman–Crippen LogP) is 3.35. The second kappa shape index (κ2) is 7.54. The van der Waals surface area contributed by atoms with Crippen LogP contribution in [-0.4, -0.2) is 41.5 Å². The van der Waals surface area contributed by atoms with Crippen molar-refractivity contribution in [2.75, 3.05) is 19.6 Å². The highest BCUT2D eigenvalue weighted by molar-refractivity contribution is 5.92. The van der Waals surface area contributed by atoms with E-state index >= 15 is 0 Å². The minimum absolute atomic E-state index is 0.0654. The zero-order chi connectivity index (χ0) is 16.0. The predicted molar refractivity (Wildman–Crippen MR) is 75.3 cm³/mol. The van der Waals surface area contributed by atoms with Crippen LogP contribution in [-0.2, 0) is 6.42 Å². The number of rotatable bonds is 4. The van der Waals surface area contributed by atoms with Gasteiger partial charge in [0.1, 0.15) is 5.69 Å². The number of aromatic nitrogens is 1. The molecule has 118 valence electrons. The van der Waals surface area contributed by atoms with Crippen molar-refractivity contribution in [1.29, 1.82) is 0 Å². The first-order chi connectivity index (χ1) is 9.86. The van der Waals surface area contributed by atoms with Crippen molar-refractivity contribution in [1.82, 2.24) is 9.88 Å². The number of nitrogens with zero attached hydrogens (tertiary/aromatic N) is 2. The van der Waals surface area contributed by atoms with Crippen LogP contribution in [0.1, 0.15) is 37.0 Å². The topological polar surface area (TPSA) is 33.2 Å². The molecule has 0 unspecified atom stereocenters. The van der Waals surface area contributed by atoms with E-state index in [0.29, 0.717) is 18.7 Å². The molecule has 0 spiro atoms. The normalized spacial score (nSPS) is 15.9. The molecule has 3 nitrogen and oxygen atoms in total. The van der Waals surface area contributed by atoms with Crippen molar-refractivity contribution in [3.63, 3.8) is 0 Å². The Bertz CT molecular complexity index is 468. The number of likely N-dealkylation sites (tertiary alicyclic amines) is 1. The highest BCUT2D eigenvalue weighted by atomic mass is 19.4. The van der Waals surface area contributed by atoms with E-state index in [-0.39, 0.29) is 18.9 Å². The van der Waals surface area contributed by atoms with Crippen molar-refractivity contribution >= 4 is 5.78 Å². The number of carbonyl (C=O) groups excluding carboxylic acids is 1. The third-order valence-electron chi connectivity index (χ3n) is 3.27. The summed E-state index contributed by atoms with van der Waals surface area (Å²) in [4.78, 5) is 17.1. The smallest absolute Gasteiger partial charge is 0.302 e. The number of ketones is 1. The fraction of sp³-hybridized carbons (Fsp3) is 0.600. The summed E-state index contributed by atoms with van der Waals surface area (Å²) in [6.07, 6.45) is -3.52. The quantitative estimate of drug-likeness (QED) is 0.800. The Hall–Kier alpha value is -1.43. The monoisotopic (exact) mass is 302 g/mol. The summed E-state index contributed by atoms with van der Waals surface area (Å²) in [6, 6.07) is 5.16. The Morgan fingerprint density at radius 3 is 2.48 bits per heavy atom. The molecule has 1 aromatic heterocycles. The van der Waals surface area contributed by atoms with E-state index in [1.54, 1.807) is 23.1 Å². The van der Waals surface area contributed by atoms with Crippen molar-refractivity contribution in [2.24, 2.45) is 5.92 Å². The van der Waals surface area contributed by atoms with Crippen LogP contribution in [0.25, 0.3) is 0 Å². The van der Waals surface area contributed by atoms with Crippen LogP contribution in [0.2, 0.25) is 0 Å². The molecule has 2 rings (SSSR count). The van der Waals surface area contributed by atoms with Crippen LogP contribution in [0, 0.1) is 5.92 Å². The highest BCUT2D eigenvalue weighted by Gasteiger charge is 2.46. The Kier molecular flexibility index (Phi) is 6.33. The molecular weight excluding hydrogens is 281 g/mol. The van der Waals surface area contributed by atoms with E-state index in [9.17, 15) is 18.0 Å².